The van der Waals surface area contributed by atoms with Gasteiger partial charge in [-0.05, 0) is 153 Å². The molecule has 7 aliphatic rings. The van der Waals surface area contributed by atoms with Crippen LogP contribution in [0.5, 0.6) is 0 Å². The van der Waals surface area contributed by atoms with E-state index in [1.165, 1.54) is 86.5 Å². The van der Waals surface area contributed by atoms with Gasteiger partial charge in [0.05, 0.1) is 48.3 Å². The van der Waals surface area contributed by atoms with Crippen molar-refractivity contribution in [1.82, 2.24) is 18.8 Å². The predicted octanol–water partition coefficient (Wildman–Crippen LogP) is 7.22. The largest absolute Gasteiger partial charge is 0.388 e. The lowest BCUT2D eigenvalue weighted by molar-refractivity contribution is -0.0665. The third kappa shape index (κ3) is 3.91. The highest BCUT2D eigenvalue weighted by Crippen LogP contribution is 2.64. The smallest absolute Gasteiger partial charge is 0.0992 e. The van der Waals surface area contributed by atoms with E-state index in [0.29, 0.717) is 41.4 Å². The van der Waals surface area contributed by atoms with E-state index in [-0.39, 0.29) is 6.10 Å². The van der Waals surface area contributed by atoms with Crippen LogP contribution in [0.3, 0.4) is 0 Å². The number of hydrogen-bond acceptors (Lipinski definition) is 4. The Kier molecular flexibility index (Phi) is 5.60. The summed E-state index contributed by atoms with van der Waals surface area (Å²) >= 11 is 0. The van der Waals surface area contributed by atoms with E-state index in [2.05, 4.69) is 43.3 Å². The number of hydrogen-bond donors (Lipinski definition) is 2. The molecule has 0 saturated heterocycles. The van der Waals surface area contributed by atoms with Gasteiger partial charge in [-0.2, -0.15) is 0 Å². The number of aliphatic hydroxyl groups excluding tert-OH is 2. The molecule has 2 N–H and O–H groups in total. The number of rotatable bonds is 7. The molecule has 0 amide bonds. The van der Waals surface area contributed by atoms with Gasteiger partial charge in [-0.25, -0.2) is 9.97 Å². The number of pyridine rings is 2. The highest BCUT2D eigenvalue weighted by molar-refractivity contribution is 5.60. The quantitative estimate of drug-likeness (QED) is 0.244. The Morgan fingerprint density at radius 2 is 1.19 bits per heavy atom. The van der Waals surface area contributed by atoms with Crippen molar-refractivity contribution in [3.63, 3.8) is 0 Å². The van der Waals surface area contributed by atoms with Crippen molar-refractivity contribution in [2.75, 3.05) is 0 Å². The molecule has 7 aliphatic carbocycles. The molecule has 7 fully saturated rings. The summed E-state index contributed by atoms with van der Waals surface area (Å²) in [7, 11) is 0. The van der Waals surface area contributed by atoms with E-state index in [9.17, 15) is 10.2 Å². The van der Waals surface area contributed by atoms with Gasteiger partial charge >= 0.3 is 0 Å². The van der Waals surface area contributed by atoms with Crippen LogP contribution in [-0.4, -0.2) is 29.0 Å². The fourth-order valence-corrected chi connectivity index (χ4v) is 11.4. The Balaban J connectivity index is 0.920. The Bertz CT molecular complexity index is 1700. The van der Waals surface area contributed by atoms with Crippen molar-refractivity contribution in [2.45, 2.75) is 94.7 Å². The minimum Gasteiger partial charge on any atom is -0.388 e. The Hall–Kier alpha value is -2.70. The highest BCUT2D eigenvalue weighted by Gasteiger charge is 2.56. The van der Waals surface area contributed by atoms with Gasteiger partial charge in [0.1, 0.15) is 0 Å². The second-order valence-electron chi connectivity index (χ2n) is 15.6. The molecular formula is C37H44N4O2. The molecule has 0 aliphatic heterocycles. The first kappa shape index (κ1) is 25.6. The second kappa shape index (κ2) is 9.40. The third-order valence-electron chi connectivity index (χ3n) is 13.5. The van der Waals surface area contributed by atoms with Crippen molar-refractivity contribution in [3.8, 4) is 0 Å². The molecule has 10 atom stereocenters. The maximum absolute atomic E-state index is 12.2. The Morgan fingerprint density at radius 3 is 1.74 bits per heavy atom. The lowest BCUT2D eigenvalue weighted by Crippen LogP contribution is -2.45. The molecule has 224 valence electrons. The monoisotopic (exact) mass is 576 g/mol. The van der Waals surface area contributed by atoms with E-state index in [1.54, 1.807) is 0 Å². The van der Waals surface area contributed by atoms with Crippen LogP contribution in [0.2, 0.25) is 0 Å². The molecule has 0 aromatic carbocycles. The SMILES string of the molecule is OC(c1c(C2CC2)ccn2cncc12)C1CC2CCC1CC2C1CC2CC(C(O)c3c(C4CC4)ccn4cncc34)C1C2. The number of fused-ring (bicyclic) bond motifs is 7. The zero-order chi connectivity index (χ0) is 28.4. The third-order valence-corrected chi connectivity index (χ3v) is 13.5. The predicted molar refractivity (Wildman–Crippen MR) is 164 cm³/mol. The molecule has 0 spiro atoms. The first-order valence-corrected chi connectivity index (χ1v) is 17.4. The van der Waals surface area contributed by atoms with Gasteiger partial charge < -0.3 is 19.0 Å². The summed E-state index contributed by atoms with van der Waals surface area (Å²) < 4.78 is 4.22. The molecule has 43 heavy (non-hydrogen) atoms. The van der Waals surface area contributed by atoms with Crippen molar-refractivity contribution in [3.05, 3.63) is 71.8 Å². The summed E-state index contributed by atoms with van der Waals surface area (Å²) in [5, 5.41) is 24.3. The molecule has 11 rings (SSSR count). The molecule has 7 saturated carbocycles. The molecule has 10 unspecified atom stereocenters. The normalized spacial score (nSPS) is 36.6. The Labute approximate surface area is 253 Å². The number of aliphatic hydroxyl groups is 2. The van der Waals surface area contributed by atoms with Gasteiger partial charge in [0, 0.05) is 23.5 Å². The average Bonchev–Trinajstić information content (AvgIpc) is 3.86. The van der Waals surface area contributed by atoms with Crippen LogP contribution in [0.1, 0.15) is 117 Å². The molecule has 6 heteroatoms. The fourth-order valence-electron chi connectivity index (χ4n) is 11.4. The van der Waals surface area contributed by atoms with E-state index in [1.807, 2.05) is 25.0 Å². The number of aromatic nitrogens is 4. The van der Waals surface area contributed by atoms with Crippen molar-refractivity contribution in [1.29, 1.82) is 0 Å². The minimum absolute atomic E-state index is 0.356. The summed E-state index contributed by atoms with van der Waals surface area (Å²) in [6.45, 7) is 0. The van der Waals surface area contributed by atoms with E-state index >= 15 is 0 Å². The van der Waals surface area contributed by atoms with E-state index < -0.39 is 6.10 Å². The molecule has 6 nitrogen and oxygen atoms in total. The first-order valence-electron chi connectivity index (χ1n) is 17.4. The van der Waals surface area contributed by atoms with Gasteiger partial charge in [0.2, 0.25) is 0 Å². The number of nitrogens with zero attached hydrogens (tertiary/aromatic N) is 4. The maximum Gasteiger partial charge on any atom is 0.0992 e. The topological polar surface area (TPSA) is 75.1 Å². The maximum atomic E-state index is 12.2. The Morgan fingerprint density at radius 1 is 0.605 bits per heavy atom. The van der Waals surface area contributed by atoms with Crippen LogP contribution in [0.25, 0.3) is 11.0 Å². The van der Waals surface area contributed by atoms with Gasteiger partial charge in [-0.3, -0.25) is 0 Å². The zero-order valence-electron chi connectivity index (χ0n) is 25.0. The molecule has 4 bridgehead atoms. The van der Waals surface area contributed by atoms with Crippen molar-refractivity contribution in [2.24, 2.45) is 47.3 Å². The van der Waals surface area contributed by atoms with Crippen LogP contribution in [0, 0.1) is 47.3 Å². The standard InChI is InChI=1S/C37H44N4O2/c42-36(34-25(21-1-2-21)7-9-40-18-38-16-32(34)40)28-15-23-5-6-24(28)14-27(23)29-11-20-12-30(29)31(13-20)37(43)35-26(22-3-4-22)8-10-41-19-39-17-33(35)41/h7-10,16-24,27-31,36-37,42-43H,1-6,11-15H2. The molecule has 4 aromatic heterocycles. The second-order valence-corrected chi connectivity index (χ2v) is 15.6. The van der Waals surface area contributed by atoms with Gasteiger partial charge in [-0.15, -0.1) is 0 Å². The van der Waals surface area contributed by atoms with Gasteiger partial charge in [0.25, 0.3) is 0 Å². The molecule has 4 aromatic rings. The lowest BCUT2D eigenvalue weighted by Gasteiger charge is -2.53. The van der Waals surface area contributed by atoms with E-state index in [4.69, 9.17) is 0 Å². The van der Waals surface area contributed by atoms with Crippen LogP contribution in [-0.2, 0) is 0 Å². The highest BCUT2D eigenvalue weighted by atomic mass is 16.3. The summed E-state index contributed by atoms with van der Waals surface area (Å²) in [6, 6.07) is 4.52. The van der Waals surface area contributed by atoms with Gasteiger partial charge in [-0.1, -0.05) is 0 Å². The fraction of sp³-hybridized carbons (Fsp3) is 0.622. The van der Waals surface area contributed by atoms with Crippen molar-refractivity contribution >= 4 is 11.0 Å². The summed E-state index contributed by atoms with van der Waals surface area (Å²) in [4.78, 5) is 8.90. The molecular weight excluding hydrogens is 532 g/mol. The van der Waals surface area contributed by atoms with Crippen LogP contribution >= 0.6 is 0 Å². The first-order chi connectivity index (χ1) is 21.1. The van der Waals surface area contributed by atoms with Gasteiger partial charge in [0.15, 0.2) is 0 Å². The van der Waals surface area contributed by atoms with Crippen molar-refractivity contribution < 1.29 is 10.2 Å². The summed E-state index contributed by atoms with van der Waals surface area (Å²) in [5.74, 6) is 6.16. The summed E-state index contributed by atoms with van der Waals surface area (Å²) in [5.41, 5.74) is 7.35. The number of imidazole rings is 2. The zero-order valence-corrected chi connectivity index (χ0v) is 25.0. The lowest BCUT2D eigenvalue weighted by atomic mass is 9.53. The summed E-state index contributed by atoms with van der Waals surface area (Å²) in [6.07, 6.45) is 25.1. The molecule has 4 heterocycles. The molecule has 0 radical (unpaired) electrons. The van der Waals surface area contributed by atoms with Crippen LogP contribution < -0.4 is 0 Å². The average molecular weight is 577 g/mol. The van der Waals surface area contributed by atoms with Crippen LogP contribution in [0.15, 0.2) is 49.6 Å². The minimum atomic E-state index is -0.392. The van der Waals surface area contributed by atoms with Crippen LogP contribution in [0.4, 0.5) is 0 Å². The van der Waals surface area contributed by atoms with E-state index in [0.717, 1.165) is 35.2 Å².